The fourth-order valence-corrected chi connectivity index (χ4v) is 3.34. The molecule has 5 nitrogen and oxygen atoms in total. The first-order chi connectivity index (χ1) is 14.3. The van der Waals surface area contributed by atoms with E-state index in [1.54, 1.807) is 12.4 Å². The molecule has 0 amide bonds. The number of nitrogens with zero attached hydrogens (tertiary/aromatic N) is 2. The second-order valence-corrected chi connectivity index (χ2v) is 6.62. The minimum Gasteiger partial charge on any atom is -0.352 e. The van der Waals surface area contributed by atoms with Gasteiger partial charge in [0.25, 0.3) is 0 Å². The minimum absolute atomic E-state index is 0.631. The van der Waals surface area contributed by atoms with Crippen LogP contribution in [0.2, 0.25) is 0 Å². The first-order valence-electron chi connectivity index (χ1n) is 9.24. The summed E-state index contributed by atoms with van der Waals surface area (Å²) in [6, 6.07) is 23.5. The van der Waals surface area contributed by atoms with Gasteiger partial charge >= 0.3 is 0 Å². The molecule has 2 aromatic carbocycles. The molecule has 0 saturated carbocycles. The van der Waals surface area contributed by atoms with Crippen LogP contribution in [0.15, 0.2) is 85.2 Å². The highest BCUT2D eigenvalue weighted by atomic mass is 16.1. The molecule has 0 fully saturated rings. The number of aromatic amines is 1. The number of benzene rings is 2. The van der Waals surface area contributed by atoms with Gasteiger partial charge in [-0.15, -0.1) is 0 Å². The number of rotatable bonds is 4. The molecule has 0 radical (unpaired) electrons. The van der Waals surface area contributed by atoms with Gasteiger partial charge in [0, 0.05) is 40.7 Å². The largest absolute Gasteiger partial charge is 0.352 e. The fourth-order valence-electron chi connectivity index (χ4n) is 3.34. The van der Waals surface area contributed by atoms with Crippen LogP contribution in [0.3, 0.4) is 0 Å². The Morgan fingerprint density at radius 2 is 1.55 bits per heavy atom. The maximum atomic E-state index is 11.2. The molecule has 0 saturated heterocycles. The third-order valence-electron chi connectivity index (χ3n) is 4.73. The number of nitrogens with one attached hydrogen (secondary N) is 1. The Balaban J connectivity index is 0.000000159. The predicted molar refractivity (Wildman–Crippen MR) is 114 cm³/mol. The zero-order chi connectivity index (χ0) is 20.1. The molecule has 5 aromatic rings. The number of fused-ring (bicyclic) bond motifs is 2. The van der Waals surface area contributed by atoms with E-state index in [4.69, 9.17) is 0 Å². The zero-order valence-electron chi connectivity index (χ0n) is 15.7. The topological polar surface area (TPSA) is 67.8 Å². The number of hydrogen-bond acceptors (Lipinski definition) is 3. The van der Waals surface area contributed by atoms with Crippen LogP contribution in [0.4, 0.5) is 0 Å². The Kier molecular flexibility index (Phi) is 5.29. The van der Waals surface area contributed by atoms with Crippen molar-refractivity contribution < 1.29 is 9.59 Å². The highest BCUT2D eigenvalue weighted by molar-refractivity contribution is 5.89. The molecule has 5 heteroatoms. The first kappa shape index (κ1) is 18.4. The lowest BCUT2D eigenvalue weighted by molar-refractivity contribution is 0.111. The molecule has 0 atom stereocenters. The number of carbonyl (C=O) groups is 2. The number of hydrogen-bond donors (Lipinski definition) is 1. The quantitative estimate of drug-likeness (QED) is 0.451. The Morgan fingerprint density at radius 1 is 0.828 bits per heavy atom. The number of pyridine rings is 1. The number of H-pyrrole nitrogens is 1. The summed E-state index contributed by atoms with van der Waals surface area (Å²) in [5.41, 5.74) is 4.56. The second-order valence-electron chi connectivity index (χ2n) is 6.62. The highest BCUT2D eigenvalue weighted by Gasteiger charge is 2.07. The van der Waals surface area contributed by atoms with Crippen molar-refractivity contribution in [2.24, 2.45) is 0 Å². The molecular weight excluding hydrogens is 362 g/mol. The van der Waals surface area contributed by atoms with Gasteiger partial charge < -0.3 is 9.55 Å². The van der Waals surface area contributed by atoms with Crippen LogP contribution in [-0.4, -0.2) is 27.1 Å². The number of aromatic nitrogens is 3. The molecule has 0 aliphatic carbocycles. The van der Waals surface area contributed by atoms with Crippen LogP contribution in [0.25, 0.3) is 21.8 Å². The van der Waals surface area contributed by atoms with Gasteiger partial charge in [0.2, 0.25) is 0 Å². The van der Waals surface area contributed by atoms with Crippen molar-refractivity contribution in [3.63, 3.8) is 0 Å². The molecule has 5 rings (SSSR count). The average molecular weight is 381 g/mol. The Hall–Kier alpha value is -3.99. The van der Waals surface area contributed by atoms with Crippen molar-refractivity contribution in [2.75, 3.05) is 0 Å². The van der Waals surface area contributed by atoms with Crippen molar-refractivity contribution in [3.8, 4) is 0 Å². The van der Waals surface area contributed by atoms with E-state index in [2.05, 4.69) is 9.97 Å². The fraction of sp³-hybridized carbons (Fsp3) is 0.0417. The van der Waals surface area contributed by atoms with Crippen molar-refractivity contribution in [3.05, 3.63) is 102 Å². The van der Waals surface area contributed by atoms with E-state index in [0.717, 1.165) is 39.9 Å². The number of aldehydes is 2. The van der Waals surface area contributed by atoms with Crippen LogP contribution in [0.5, 0.6) is 0 Å². The highest BCUT2D eigenvalue weighted by Crippen LogP contribution is 2.20. The Bertz CT molecular complexity index is 1240. The van der Waals surface area contributed by atoms with Crippen molar-refractivity contribution in [1.82, 2.24) is 14.5 Å². The maximum Gasteiger partial charge on any atom is 0.166 e. The summed E-state index contributed by atoms with van der Waals surface area (Å²) in [6.45, 7) is 0.685. The molecule has 29 heavy (non-hydrogen) atoms. The molecule has 0 spiro atoms. The van der Waals surface area contributed by atoms with Crippen LogP contribution < -0.4 is 0 Å². The van der Waals surface area contributed by atoms with Crippen molar-refractivity contribution >= 4 is 34.4 Å². The SMILES string of the molecule is O=Cc1cc2ccccc2[nH]1.O=Cc1cc2ccccc2n1Cc1ccncc1. The molecule has 0 unspecified atom stereocenters. The molecular formula is C24H19N3O2. The van der Waals surface area contributed by atoms with Gasteiger partial charge in [-0.3, -0.25) is 14.6 Å². The standard InChI is InChI=1S/C15H12N2O.C9H7NO/c18-11-14-9-13-3-1-2-4-15(13)17(14)10-12-5-7-16-8-6-12;11-6-8-5-7-3-1-2-4-9(7)10-8/h1-9,11H,10H2;1-6,10H. The third kappa shape index (κ3) is 3.99. The van der Waals surface area contributed by atoms with E-state index in [0.29, 0.717) is 17.9 Å². The number of carbonyl (C=O) groups excluding carboxylic acids is 2. The van der Waals surface area contributed by atoms with Gasteiger partial charge in [-0.1, -0.05) is 36.4 Å². The molecule has 3 aromatic heterocycles. The van der Waals surface area contributed by atoms with Crippen molar-refractivity contribution in [1.29, 1.82) is 0 Å². The second kappa shape index (κ2) is 8.35. The smallest absolute Gasteiger partial charge is 0.166 e. The molecule has 142 valence electrons. The Morgan fingerprint density at radius 3 is 2.28 bits per heavy atom. The normalized spacial score (nSPS) is 10.5. The lowest BCUT2D eigenvalue weighted by Gasteiger charge is -2.07. The summed E-state index contributed by atoms with van der Waals surface area (Å²) >= 11 is 0. The van der Waals surface area contributed by atoms with Gasteiger partial charge in [0.1, 0.15) is 0 Å². The van der Waals surface area contributed by atoms with Crippen LogP contribution in [0, 0.1) is 0 Å². The van der Waals surface area contributed by atoms with Crippen molar-refractivity contribution in [2.45, 2.75) is 6.54 Å². The lowest BCUT2D eigenvalue weighted by atomic mass is 10.2. The average Bonchev–Trinajstić information content (AvgIpc) is 3.36. The van der Waals surface area contributed by atoms with Gasteiger partial charge in [-0.25, -0.2) is 0 Å². The molecule has 0 aliphatic rings. The Labute approximate surface area is 167 Å². The summed E-state index contributed by atoms with van der Waals surface area (Å²) in [4.78, 5) is 28.5. The summed E-state index contributed by atoms with van der Waals surface area (Å²) in [5, 5.41) is 2.17. The predicted octanol–water partition coefficient (Wildman–Crippen LogP) is 4.88. The molecule has 3 heterocycles. The van der Waals surface area contributed by atoms with Gasteiger partial charge in [0.05, 0.1) is 11.4 Å². The van der Waals surface area contributed by atoms with Crippen LogP contribution in [-0.2, 0) is 6.54 Å². The molecule has 1 N–H and O–H groups in total. The third-order valence-corrected chi connectivity index (χ3v) is 4.73. The van der Waals surface area contributed by atoms with E-state index >= 15 is 0 Å². The minimum atomic E-state index is 0.631. The van der Waals surface area contributed by atoms with Crippen LogP contribution >= 0.6 is 0 Å². The first-order valence-corrected chi connectivity index (χ1v) is 9.24. The summed E-state index contributed by atoms with van der Waals surface area (Å²) in [7, 11) is 0. The van der Waals surface area contributed by atoms with E-state index in [-0.39, 0.29) is 0 Å². The van der Waals surface area contributed by atoms with Gasteiger partial charge in [-0.05, 0) is 42.0 Å². The van der Waals surface area contributed by atoms with E-state index in [1.807, 2.05) is 77.4 Å². The summed E-state index contributed by atoms with van der Waals surface area (Å²) in [6.07, 6.45) is 5.25. The van der Waals surface area contributed by atoms with Gasteiger partial charge in [-0.2, -0.15) is 0 Å². The van der Waals surface area contributed by atoms with E-state index in [1.165, 1.54) is 0 Å². The van der Waals surface area contributed by atoms with Gasteiger partial charge in [0.15, 0.2) is 12.6 Å². The van der Waals surface area contributed by atoms with Crippen LogP contribution in [0.1, 0.15) is 26.5 Å². The lowest BCUT2D eigenvalue weighted by Crippen LogP contribution is -2.03. The molecule has 0 bridgehead atoms. The van der Waals surface area contributed by atoms with E-state index in [9.17, 15) is 9.59 Å². The summed E-state index contributed by atoms with van der Waals surface area (Å²) < 4.78 is 2.03. The summed E-state index contributed by atoms with van der Waals surface area (Å²) in [5.74, 6) is 0. The monoisotopic (exact) mass is 381 g/mol. The zero-order valence-corrected chi connectivity index (χ0v) is 15.7. The number of para-hydroxylation sites is 2. The maximum absolute atomic E-state index is 11.2. The van der Waals surface area contributed by atoms with E-state index < -0.39 is 0 Å². The molecule has 0 aliphatic heterocycles.